The molecule has 1 nitrogen and oxygen atoms in total. The first-order valence-corrected chi connectivity index (χ1v) is 7.28. The summed E-state index contributed by atoms with van der Waals surface area (Å²) >= 11 is 0. The molecule has 0 spiro atoms. The Balaban J connectivity index is 0. The van der Waals surface area contributed by atoms with Crippen molar-refractivity contribution >= 4 is 10.9 Å². The number of halogens is 1. The van der Waals surface area contributed by atoms with Crippen molar-refractivity contribution in [3.05, 3.63) is 49.9 Å². The van der Waals surface area contributed by atoms with Crippen LogP contribution in [0.2, 0.25) is 0 Å². The molecular formula is C18H23ArFNWY-3. The van der Waals surface area contributed by atoms with Gasteiger partial charge in [0.1, 0.15) is 6.17 Å². The van der Waals surface area contributed by atoms with Crippen LogP contribution in [0.5, 0.6) is 0 Å². The van der Waals surface area contributed by atoms with E-state index in [-0.39, 0.29) is 105 Å². The topological polar surface area (TPSA) is 14.1 Å². The number of benzene rings is 1. The van der Waals surface area contributed by atoms with Gasteiger partial charge < -0.3 is 19.3 Å². The molecule has 1 aliphatic carbocycles. The van der Waals surface area contributed by atoms with Crippen LogP contribution < -0.4 is 4.98 Å². The Morgan fingerprint density at radius 3 is 2.48 bits per heavy atom. The fourth-order valence-electron chi connectivity index (χ4n) is 3.34. The quantitative estimate of drug-likeness (QED) is 0.463. The molecule has 23 heavy (non-hydrogen) atoms. The number of fused-ring (bicyclic) bond motifs is 1. The van der Waals surface area contributed by atoms with Crippen molar-refractivity contribution in [2.45, 2.75) is 50.6 Å². The third-order valence-electron chi connectivity index (χ3n) is 4.23. The van der Waals surface area contributed by atoms with E-state index in [1.54, 1.807) is 0 Å². The Bertz CT molecular complexity index is 575. The molecule has 2 atom stereocenters. The standard InChI is InChI=1S/C17H20FN.CH3.Ar.W.Y/c1-2-7-16-17(12-8-3-5-10-14(12)18)13-9-4-6-11-15(13)19-16;;;;/h4,6,9,11-12,14H,1-3,5,7-8,10H2;1H3;;;/q-2;-1;;;. The molecule has 1 heterocycles. The van der Waals surface area contributed by atoms with Crippen LogP contribution in [-0.4, -0.2) is 6.17 Å². The largest absolute Gasteiger partial charge is 0.661 e. The Kier molecular flexibility index (Phi) is 15.2. The van der Waals surface area contributed by atoms with Crippen molar-refractivity contribution in [1.82, 2.24) is 4.98 Å². The molecule has 2 unspecified atom stereocenters. The SMILES string of the molecule is [Ar].[CH2-]CCc1[n-]c2ccccc2c1C1CCCCC1F.[CH3-].[W].[Y]. The molecule has 0 amide bonds. The van der Waals surface area contributed by atoms with Gasteiger partial charge in [0.15, 0.2) is 0 Å². The van der Waals surface area contributed by atoms with Gasteiger partial charge in [-0.1, -0.05) is 49.1 Å². The molecule has 1 aromatic heterocycles. The van der Waals surface area contributed by atoms with Gasteiger partial charge in [-0.05, 0) is 18.2 Å². The van der Waals surface area contributed by atoms with Gasteiger partial charge in [0.2, 0.25) is 0 Å². The zero-order chi connectivity index (χ0) is 13.2. The minimum absolute atomic E-state index is 0. The van der Waals surface area contributed by atoms with Gasteiger partial charge in [-0.2, -0.15) is 12.1 Å². The summed E-state index contributed by atoms with van der Waals surface area (Å²) in [4.78, 5) is 4.71. The summed E-state index contributed by atoms with van der Waals surface area (Å²) in [5, 5.41) is 1.15. The first-order valence-electron chi connectivity index (χ1n) is 7.28. The van der Waals surface area contributed by atoms with Crippen LogP contribution in [0, 0.1) is 52.1 Å². The van der Waals surface area contributed by atoms with E-state index in [2.05, 4.69) is 13.0 Å². The number of hydrogen-bond acceptors (Lipinski definition) is 0. The number of rotatable bonds is 3. The van der Waals surface area contributed by atoms with E-state index in [0.29, 0.717) is 6.42 Å². The molecule has 1 radical (unpaired) electrons. The van der Waals surface area contributed by atoms with Gasteiger partial charge >= 0.3 is 0 Å². The molecule has 3 rings (SSSR count). The van der Waals surface area contributed by atoms with E-state index >= 15 is 0 Å². The van der Waals surface area contributed by atoms with E-state index in [9.17, 15) is 4.39 Å². The zero-order valence-electron chi connectivity index (χ0n) is 13.6. The Morgan fingerprint density at radius 2 is 1.83 bits per heavy atom. The van der Waals surface area contributed by atoms with Crippen molar-refractivity contribution in [3.8, 4) is 0 Å². The summed E-state index contributed by atoms with van der Waals surface area (Å²) in [6.07, 6.45) is 4.79. The van der Waals surface area contributed by atoms with E-state index < -0.39 is 6.17 Å². The number of alkyl halides is 1. The molecule has 0 bridgehead atoms. The van der Waals surface area contributed by atoms with Crippen molar-refractivity contribution in [1.29, 1.82) is 0 Å². The molecule has 5 heteroatoms. The summed E-state index contributed by atoms with van der Waals surface area (Å²) in [7, 11) is 0. The van der Waals surface area contributed by atoms with Gasteiger partial charge in [-0.3, -0.25) is 0 Å². The van der Waals surface area contributed by atoms with Crippen LogP contribution in [0.3, 0.4) is 0 Å². The van der Waals surface area contributed by atoms with Gasteiger partial charge in [-0.25, -0.2) is 4.39 Å². The van der Waals surface area contributed by atoms with Crippen molar-refractivity contribution in [2.75, 3.05) is 0 Å². The van der Waals surface area contributed by atoms with Gasteiger partial charge in [0.25, 0.3) is 0 Å². The molecule has 1 saturated carbocycles. The second-order valence-electron chi connectivity index (χ2n) is 5.50. The molecule has 0 saturated heterocycles. The number of para-hydroxylation sites is 1. The van der Waals surface area contributed by atoms with Gasteiger partial charge in [0, 0.05) is 97.4 Å². The van der Waals surface area contributed by atoms with Crippen LogP contribution in [0.15, 0.2) is 24.3 Å². The maximum absolute atomic E-state index is 14.3. The normalized spacial score (nSPS) is 19.7. The molecular weight excluding hydrogens is 562 g/mol. The fourth-order valence-corrected chi connectivity index (χ4v) is 3.34. The van der Waals surface area contributed by atoms with E-state index in [1.807, 2.05) is 18.2 Å². The number of aromatic nitrogens is 1. The molecule has 0 N–H and O–H groups in total. The predicted octanol–water partition coefficient (Wildman–Crippen LogP) is 5.00. The maximum atomic E-state index is 14.3. The Hall–Kier alpha value is 1.74. The van der Waals surface area contributed by atoms with Crippen molar-refractivity contribution in [3.63, 3.8) is 0 Å². The molecule has 2 aromatic rings. The second kappa shape index (κ2) is 13.0. The van der Waals surface area contributed by atoms with Crippen molar-refractivity contribution < 1.29 is 95.9 Å². The molecule has 1 fully saturated rings. The minimum atomic E-state index is -0.704. The van der Waals surface area contributed by atoms with Crippen LogP contribution in [0.4, 0.5) is 4.39 Å². The fraction of sp³-hybridized carbons (Fsp3) is 0.444. The minimum Gasteiger partial charge on any atom is -0.661 e. The summed E-state index contributed by atoms with van der Waals surface area (Å²) in [5.74, 6) is 0.0442. The van der Waals surface area contributed by atoms with E-state index in [0.717, 1.165) is 48.7 Å². The molecule has 127 valence electrons. The average Bonchev–Trinajstić information content (AvgIpc) is 2.78. The number of aryl methyl sites for hydroxylation is 1. The molecule has 1 aliphatic rings. The first kappa shape index (κ1) is 27.0. The third-order valence-corrected chi connectivity index (χ3v) is 4.23. The Labute approximate surface area is 209 Å². The summed E-state index contributed by atoms with van der Waals surface area (Å²) in [5.41, 5.74) is 3.26. The van der Waals surface area contributed by atoms with Crippen LogP contribution in [-0.2, 0) is 60.2 Å². The Morgan fingerprint density at radius 1 is 1.17 bits per heavy atom. The first-order chi connectivity index (χ1) is 9.31. The van der Waals surface area contributed by atoms with Crippen LogP contribution in [0.1, 0.15) is 49.3 Å². The van der Waals surface area contributed by atoms with Crippen molar-refractivity contribution in [2.24, 2.45) is 0 Å². The number of nitrogens with zero attached hydrogens (tertiary/aromatic N) is 1. The molecule has 0 aliphatic heterocycles. The van der Waals surface area contributed by atoms with E-state index in [4.69, 9.17) is 4.98 Å². The maximum Gasteiger partial charge on any atom is 0.107 e. The van der Waals surface area contributed by atoms with Crippen LogP contribution >= 0.6 is 0 Å². The number of hydrogen-bond donors (Lipinski definition) is 0. The van der Waals surface area contributed by atoms with Gasteiger partial charge in [-0.15, -0.1) is 5.52 Å². The molecule has 1 aromatic carbocycles. The second-order valence-corrected chi connectivity index (χ2v) is 5.50. The third kappa shape index (κ3) is 6.14. The average molecular weight is 585 g/mol. The van der Waals surface area contributed by atoms with Gasteiger partial charge in [0.05, 0.1) is 0 Å². The monoisotopic (exact) mass is 585 g/mol. The predicted molar refractivity (Wildman–Crippen MR) is 83.5 cm³/mol. The van der Waals surface area contributed by atoms with E-state index in [1.165, 1.54) is 5.56 Å². The summed E-state index contributed by atoms with van der Waals surface area (Å²) in [6.45, 7) is 3.92. The zero-order valence-corrected chi connectivity index (χ0v) is 20.1. The van der Waals surface area contributed by atoms with Crippen LogP contribution in [0.25, 0.3) is 10.9 Å². The summed E-state index contributed by atoms with van der Waals surface area (Å²) < 4.78 is 14.3. The summed E-state index contributed by atoms with van der Waals surface area (Å²) in [6, 6.07) is 8.14. The smallest absolute Gasteiger partial charge is 0.107 e.